The Morgan fingerprint density at radius 1 is 1.28 bits per heavy atom. The molecule has 7 nitrogen and oxygen atoms in total. The number of likely N-dealkylation sites (tertiary alicyclic amines) is 1. The molecule has 0 aromatic carbocycles. The molecule has 8 heteroatoms. The maximum Gasteiger partial charge on any atom is 0.274 e. The van der Waals surface area contributed by atoms with E-state index in [9.17, 15) is 9.90 Å². The monoisotopic (exact) mass is 357 g/mol. The third-order valence-corrected chi connectivity index (χ3v) is 4.64. The van der Waals surface area contributed by atoms with E-state index < -0.39 is 6.10 Å². The zero-order chi connectivity index (χ0) is 17.4. The molecule has 1 aliphatic rings. The lowest BCUT2D eigenvalue weighted by molar-refractivity contribution is 0.0759. The van der Waals surface area contributed by atoms with Gasteiger partial charge in [0.25, 0.3) is 5.91 Å². The van der Waals surface area contributed by atoms with Crippen LogP contribution >= 0.6 is 11.6 Å². The number of hydrogen-bond donors (Lipinski definition) is 1. The van der Waals surface area contributed by atoms with Crippen molar-refractivity contribution in [1.82, 2.24) is 24.3 Å². The number of imidazole rings is 1. The second-order valence-electron chi connectivity index (χ2n) is 6.18. The van der Waals surface area contributed by atoms with Crippen molar-refractivity contribution in [3.05, 3.63) is 59.5 Å². The summed E-state index contributed by atoms with van der Waals surface area (Å²) in [7, 11) is 0. The van der Waals surface area contributed by atoms with Crippen LogP contribution in [-0.4, -0.2) is 54.5 Å². The molecule has 0 unspecified atom stereocenters. The number of aliphatic hydroxyl groups excluding tert-OH is 1. The van der Waals surface area contributed by atoms with Crippen LogP contribution in [-0.2, 0) is 6.42 Å². The van der Waals surface area contributed by atoms with Crippen LogP contribution in [0.2, 0.25) is 5.02 Å². The molecule has 2 atom stereocenters. The van der Waals surface area contributed by atoms with Crippen molar-refractivity contribution in [2.75, 3.05) is 13.1 Å². The molecule has 3 aromatic rings. The molecule has 0 saturated carbocycles. The second-order valence-corrected chi connectivity index (χ2v) is 6.61. The first-order chi connectivity index (χ1) is 12.1. The van der Waals surface area contributed by atoms with Gasteiger partial charge in [-0.25, -0.2) is 4.98 Å². The first kappa shape index (κ1) is 16.0. The lowest BCUT2D eigenvalue weighted by Gasteiger charge is -2.14. The number of pyridine rings is 1. The maximum atomic E-state index is 12.7. The molecule has 0 bridgehead atoms. The van der Waals surface area contributed by atoms with Crippen LogP contribution in [0.1, 0.15) is 16.2 Å². The highest BCUT2D eigenvalue weighted by Crippen LogP contribution is 2.22. The molecule has 4 heterocycles. The van der Waals surface area contributed by atoms with Gasteiger partial charge in [0.15, 0.2) is 0 Å². The molecule has 1 N–H and O–H groups in total. The lowest BCUT2D eigenvalue weighted by atomic mass is 10.0. The van der Waals surface area contributed by atoms with E-state index in [4.69, 9.17) is 11.6 Å². The smallest absolute Gasteiger partial charge is 0.274 e. The number of aliphatic hydroxyl groups is 1. The van der Waals surface area contributed by atoms with Crippen molar-refractivity contribution in [3.8, 4) is 0 Å². The molecule has 0 aliphatic carbocycles. The Hall–Kier alpha value is -2.51. The minimum Gasteiger partial charge on any atom is -0.391 e. The maximum absolute atomic E-state index is 12.7. The number of carbonyl (C=O) groups is 1. The molecule has 4 rings (SSSR count). The Bertz CT molecular complexity index is 914. The van der Waals surface area contributed by atoms with Crippen molar-refractivity contribution < 1.29 is 9.90 Å². The number of nitrogens with zero attached hydrogens (tertiary/aromatic N) is 5. The van der Waals surface area contributed by atoms with Crippen LogP contribution in [0.4, 0.5) is 0 Å². The molecule has 3 aromatic heterocycles. The van der Waals surface area contributed by atoms with Gasteiger partial charge < -0.3 is 14.4 Å². The van der Waals surface area contributed by atoms with E-state index in [0.717, 1.165) is 5.69 Å². The zero-order valence-corrected chi connectivity index (χ0v) is 14.0. The van der Waals surface area contributed by atoms with Crippen LogP contribution < -0.4 is 0 Å². The van der Waals surface area contributed by atoms with Crippen molar-refractivity contribution in [3.63, 3.8) is 0 Å². The topological polar surface area (TPSA) is 83.6 Å². The van der Waals surface area contributed by atoms with E-state index >= 15 is 0 Å². The Morgan fingerprint density at radius 3 is 2.96 bits per heavy atom. The summed E-state index contributed by atoms with van der Waals surface area (Å²) in [6.07, 6.45) is 8.28. The molecular weight excluding hydrogens is 342 g/mol. The van der Waals surface area contributed by atoms with Crippen LogP contribution in [0.5, 0.6) is 0 Å². The quantitative estimate of drug-likeness (QED) is 0.767. The van der Waals surface area contributed by atoms with Gasteiger partial charge in [-0.15, -0.1) is 0 Å². The standard InChI is InChI=1S/C17H16ClN5O2/c18-12-1-2-16-21-14(9-22(16)8-12)17(25)23-7-11(15(24)10-23)5-13-6-19-3-4-20-13/h1-4,6,8-9,11,15,24H,5,7,10H2/t11-,15-/m1/s1. The lowest BCUT2D eigenvalue weighted by Crippen LogP contribution is -2.29. The van der Waals surface area contributed by atoms with Gasteiger partial charge in [0, 0.05) is 50.0 Å². The minimum absolute atomic E-state index is 0.0628. The first-order valence-electron chi connectivity index (χ1n) is 7.96. The summed E-state index contributed by atoms with van der Waals surface area (Å²) in [5.41, 5.74) is 1.81. The van der Waals surface area contributed by atoms with Crippen molar-refractivity contribution in [1.29, 1.82) is 0 Å². The van der Waals surface area contributed by atoms with Gasteiger partial charge in [-0.2, -0.15) is 0 Å². The average Bonchev–Trinajstić information content (AvgIpc) is 3.19. The molecule has 0 spiro atoms. The van der Waals surface area contributed by atoms with Crippen molar-refractivity contribution in [2.45, 2.75) is 12.5 Å². The van der Waals surface area contributed by atoms with E-state index in [-0.39, 0.29) is 11.8 Å². The number of amides is 1. The predicted molar refractivity (Wildman–Crippen MR) is 91.3 cm³/mol. The van der Waals surface area contributed by atoms with E-state index in [0.29, 0.717) is 35.9 Å². The molecule has 1 fully saturated rings. The Labute approximate surface area is 148 Å². The Balaban J connectivity index is 1.50. The first-order valence-corrected chi connectivity index (χ1v) is 8.34. The van der Waals surface area contributed by atoms with Crippen LogP contribution in [0.15, 0.2) is 43.1 Å². The predicted octanol–water partition coefficient (Wildman–Crippen LogP) is 1.45. The third-order valence-electron chi connectivity index (χ3n) is 4.42. The highest BCUT2D eigenvalue weighted by atomic mass is 35.5. The number of rotatable bonds is 3. The van der Waals surface area contributed by atoms with E-state index in [2.05, 4.69) is 15.0 Å². The van der Waals surface area contributed by atoms with Crippen LogP contribution in [0, 0.1) is 5.92 Å². The summed E-state index contributed by atoms with van der Waals surface area (Å²) in [4.78, 5) is 27.0. The second kappa shape index (κ2) is 6.42. The number of aromatic nitrogens is 4. The van der Waals surface area contributed by atoms with E-state index in [1.54, 1.807) is 52.4 Å². The molecular formula is C17H16ClN5O2. The Morgan fingerprint density at radius 2 is 2.16 bits per heavy atom. The summed E-state index contributed by atoms with van der Waals surface area (Å²) in [5, 5.41) is 10.9. The normalized spacial score (nSPS) is 20.3. The van der Waals surface area contributed by atoms with Gasteiger partial charge in [0.05, 0.1) is 16.8 Å². The molecule has 128 valence electrons. The van der Waals surface area contributed by atoms with Gasteiger partial charge in [-0.1, -0.05) is 11.6 Å². The highest BCUT2D eigenvalue weighted by molar-refractivity contribution is 6.30. The van der Waals surface area contributed by atoms with Gasteiger partial charge in [0.2, 0.25) is 0 Å². The molecule has 0 radical (unpaired) electrons. The number of fused-ring (bicyclic) bond motifs is 1. The molecule has 1 saturated heterocycles. The van der Waals surface area contributed by atoms with Gasteiger partial charge >= 0.3 is 0 Å². The molecule has 25 heavy (non-hydrogen) atoms. The number of hydrogen-bond acceptors (Lipinski definition) is 5. The highest BCUT2D eigenvalue weighted by Gasteiger charge is 2.35. The van der Waals surface area contributed by atoms with Gasteiger partial charge in [-0.05, 0) is 18.6 Å². The zero-order valence-electron chi connectivity index (χ0n) is 13.3. The number of carbonyl (C=O) groups excluding carboxylic acids is 1. The fraction of sp³-hybridized carbons (Fsp3) is 0.294. The molecule has 1 amide bonds. The summed E-state index contributed by atoms with van der Waals surface area (Å²) < 4.78 is 1.72. The summed E-state index contributed by atoms with van der Waals surface area (Å²) in [5.74, 6) is -0.257. The average molecular weight is 358 g/mol. The SMILES string of the molecule is O=C(c1cn2cc(Cl)ccc2n1)N1C[C@@H](Cc2cnccn2)[C@H](O)C1. The largest absolute Gasteiger partial charge is 0.391 e. The fourth-order valence-electron chi connectivity index (χ4n) is 3.15. The van der Waals surface area contributed by atoms with Crippen LogP contribution in [0.3, 0.4) is 0 Å². The van der Waals surface area contributed by atoms with Gasteiger partial charge in [-0.3, -0.25) is 14.8 Å². The Kier molecular flexibility index (Phi) is 4.10. The van der Waals surface area contributed by atoms with Crippen molar-refractivity contribution in [2.24, 2.45) is 5.92 Å². The summed E-state index contributed by atoms with van der Waals surface area (Å²) >= 11 is 5.96. The number of halogens is 1. The molecule has 1 aliphatic heterocycles. The van der Waals surface area contributed by atoms with E-state index in [1.165, 1.54) is 0 Å². The van der Waals surface area contributed by atoms with Crippen LogP contribution in [0.25, 0.3) is 5.65 Å². The van der Waals surface area contributed by atoms with E-state index in [1.807, 2.05) is 0 Å². The fourth-order valence-corrected chi connectivity index (χ4v) is 3.32. The summed E-state index contributed by atoms with van der Waals surface area (Å²) in [6.45, 7) is 0.754. The minimum atomic E-state index is -0.586. The number of β-amino-alcohol motifs (C(OH)–C–C–N with tert-alkyl or cyclic N) is 1. The van der Waals surface area contributed by atoms with Gasteiger partial charge in [0.1, 0.15) is 11.3 Å². The summed E-state index contributed by atoms with van der Waals surface area (Å²) in [6, 6.07) is 3.49. The van der Waals surface area contributed by atoms with Crippen molar-refractivity contribution >= 4 is 23.2 Å². The third kappa shape index (κ3) is 3.20.